The molecule has 14 heavy (non-hydrogen) atoms. The van der Waals surface area contributed by atoms with E-state index in [9.17, 15) is 9.59 Å². The molecular formula is C11H11NO2. The van der Waals surface area contributed by atoms with Crippen molar-refractivity contribution in [2.75, 3.05) is 13.1 Å². The van der Waals surface area contributed by atoms with Gasteiger partial charge in [0, 0.05) is 18.5 Å². The Morgan fingerprint density at radius 1 is 1.29 bits per heavy atom. The Hall–Kier alpha value is -1.64. The van der Waals surface area contributed by atoms with Gasteiger partial charge in [-0.25, -0.2) is 0 Å². The van der Waals surface area contributed by atoms with Crippen molar-refractivity contribution in [3.05, 3.63) is 35.9 Å². The first kappa shape index (κ1) is 8.94. The second kappa shape index (κ2) is 3.62. The van der Waals surface area contributed by atoms with Crippen LogP contribution in [-0.2, 0) is 4.79 Å². The molecule has 1 amide bonds. The summed E-state index contributed by atoms with van der Waals surface area (Å²) in [6.45, 7) is 0.945. The van der Waals surface area contributed by atoms with E-state index >= 15 is 0 Å². The maximum atomic E-state index is 11.6. The van der Waals surface area contributed by atoms with Gasteiger partial charge in [-0.3, -0.25) is 9.59 Å². The molecule has 0 radical (unpaired) electrons. The van der Waals surface area contributed by atoms with Crippen molar-refractivity contribution in [3.8, 4) is 0 Å². The van der Waals surface area contributed by atoms with E-state index < -0.39 is 0 Å². The minimum atomic E-state index is 0.0126. The number of hydrogen-bond donors (Lipinski definition) is 0. The largest absolute Gasteiger partial charge is 0.334 e. The van der Waals surface area contributed by atoms with Gasteiger partial charge in [0.15, 0.2) is 5.78 Å². The average Bonchev–Trinajstić information content (AvgIpc) is 2.24. The molecule has 0 N–H and O–H groups in total. The summed E-state index contributed by atoms with van der Waals surface area (Å²) in [7, 11) is 0. The molecule has 0 bridgehead atoms. The molecule has 0 saturated carbocycles. The van der Waals surface area contributed by atoms with E-state index in [0.29, 0.717) is 12.0 Å². The van der Waals surface area contributed by atoms with E-state index in [-0.39, 0.29) is 18.2 Å². The highest BCUT2D eigenvalue weighted by molar-refractivity contribution is 6.00. The third kappa shape index (κ3) is 1.66. The molecule has 72 valence electrons. The van der Waals surface area contributed by atoms with Crippen molar-refractivity contribution in [1.82, 2.24) is 4.90 Å². The summed E-state index contributed by atoms with van der Waals surface area (Å²) in [6.07, 6.45) is 0.585. The summed E-state index contributed by atoms with van der Waals surface area (Å²) in [5, 5.41) is 0. The second-order valence-electron chi connectivity index (χ2n) is 3.35. The Balaban J connectivity index is 1.99. The fourth-order valence-electron chi connectivity index (χ4n) is 1.42. The molecule has 0 unspecified atom stereocenters. The first-order valence-corrected chi connectivity index (χ1v) is 4.63. The maximum absolute atomic E-state index is 11.6. The van der Waals surface area contributed by atoms with E-state index in [1.165, 1.54) is 0 Å². The van der Waals surface area contributed by atoms with Crippen LogP contribution in [0.5, 0.6) is 0 Å². The highest BCUT2D eigenvalue weighted by Gasteiger charge is 2.25. The topological polar surface area (TPSA) is 37.4 Å². The van der Waals surface area contributed by atoms with Crippen LogP contribution in [-0.4, -0.2) is 29.7 Å². The Morgan fingerprint density at radius 3 is 2.50 bits per heavy atom. The summed E-state index contributed by atoms with van der Waals surface area (Å²) < 4.78 is 0. The van der Waals surface area contributed by atoms with Gasteiger partial charge in [-0.2, -0.15) is 0 Å². The predicted octanol–water partition coefficient (Wildman–Crippen LogP) is 1.10. The number of likely N-dealkylation sites (tertiary alicyclic amines) is 1. The van der Waals surface area contributed by atoms with Crippen LogP contribution in [0.25, 0.3) is 0 Å². The fourth-order valence-corrected chi connectivity index (χ4v) is 1.42. The van der Waals surface area contributed by atoms with E-state index in [4.69, 9.17) is 0 Å². The molecule has 0 atom stereocenters. The number of amides is 1. The van der Waals surface area contributed by atoms with Crippen LogP contribution in [0.2, 0.25) is 0 Å². The third-order valence-electron chi connectivity index (χ3n) is 2.38. The first-order valence-electron chi connectivity index (χ1n) is 4.63. The van der Waals surface area contributed by atoms with Crippen molar-refractivity contribution in [3.63, 3.8) is 0 Å². The van der Waals surface area contributed by atoms with Crippen molar-refractivity contribution < 1.29 is 9.59 Å². The van der Waals surface area contributed by atoms with Crippen molar-refractivity contribution in [2.24, 2.45) is 0 Å². The van der Waals surface area contributed by atoms with Crippen LogP contribution in [0.15, 0.2) is 30.3 Å². The van der Waals surface area contributed by atoms with Gasteiger partial charge in [-0.1, -0.05) is 30.3 Å². The van der Waals surface area contributed by atoms with Crippen molar-refractivity contribution in [1.29, 1.82) is 0 Å². The average molecular weight is 189 g/mol. The maximum Gasteiger partial charge on any atom is 0.224 e. The zero-order chi connectivity index (χ0) is 9.97. The minimum absolute atomic E-state index is 0.0126. The summed E-state index contributed by atoms with van der Waals surface area (Å²) >= 11 is 0. The van der Waals surface area contributed by atoms with Crippen LogP contribution in [0.1, 0.15) is 16.8 Å². The molecule has 2 rings (SSSR count). The lowest BCUT2D eigenvalue weighted by atomic mass is 10.1. The molecule has 0 aromatic heterocycles. The van der Waals surface area contributed by atoms with Crippen LogP contribution < -0.4 is 0 Å². The molecule has 1 aliphatic rings. The molecule has 1 aliphatic heterocycles. The number of nitrogens with zero attached hydrogens (tertiary/aromatic N) is 1. The number of ketones is 1. The number of Topliss-reactive ketones (excluding diaryl/α,β-unsaturated/α-hetero) is 1. The summed E-state index contributed by atoms with van der Waals surface area (Å²) in [5.74, 6) is 0.0907. The highest BCUT2D eigenvalue weighted by atomic mass is 16.2. The summed E-state index contributed by atoms with van der Waals surface area (Å²) in [4.78, 5) is 24.1. The number of rotatable bonds is 3. The molecule has 3 nitrogen and oxygen atoms in total. The quantitative estimate of drug-likeness (QED) is 0.527. The van der Waals surface area contributed by atoms with Gasteiger partial charge in [0.25, 0.3) is 0 Å². The SMILES string of the molecule is O=C(CN1CCC1=O)c1ccccc1. The van der Waals surface area contributed by atoms with E-state index in [0.717, 1.165) is 6.54 Å². The normalized spacial score (nSPS) is 15.1. The lowest BCUT2D eigenvalue weighted by molar-refractivity contribution is -0.138. The van der Waals surface area contributed by atoms with Gasteiger partial charge in [0.2, 0.25) is 5.91 Å². The molecule has 0 spiro atoms. The Bertz CT molecular complexity index is 359. The predicted molar refractivity (Wildman–Crippen MR) is 52.0 cm³/mol. The van der Waals surface area contributed by atoms with Gasteiger partial charge in [-0.05, 0) is 0 Å². The van der Waals surface area contributed by atoms with Gasteiger partial charge in [0.05, 0.1) is 6.54 Å². The van der Waals surface area contributed by atoms with E-state index in [1.54, 1.807) is 17.0 Å². The molecule has 1 saturated heterocycles. The van der Waals surface area contributed by atoms with Gasteiger partial charge >= 0.3 is 0 Å². The van der Waals surface area contributed by atoms with Crippen LogP contribution in [0.4, 0.5) is 0 Å². The van der Waals surface area contributed by atoms with Crippen LogP contribution >= 0.6 is 0 Å². The van der Waals surface area contributed by atoms with Crippen LogP contribution in [0.3, 0.4) is 0 Å². The molecule has 1 aromatic rings. The lowest BCUT2D eigenvalue weighted by Crippen LogP contribution is -2.46. The number of carbonyl (C=O) groups is 2. The number of hydrogen-bond acceptors (Lipinski definition) is 2. The highest BCUT2D eigenvalue weighted by Crippen LogP contribution is 2.10. The molecule has 1 heterocycles. The van der Waals surface area contributed by atoms with Gasteiger partial charge in [0.1, 0.15) is 0 Å². The minimum Gasteiger partial charge on any atom is -0.334 e. The zero-order valence-corrected chi connectivity index (χ0v) is 7.77. The monoisotopic (exact) mass is 189 g/mol. The summed E-state index contributed by atoms with van der Waals surface area (Å²) in [6, 6.07) is 9.06. The van der Waals surface area contributed by atoms with Gasteiger partial charge in [-0.15, -0.1) is 0 Å². The fraction of sp³-hybridized carbons (Fsp3) is 0.273. The standard InChI is InChI=1S/C11H11NO2/c13-10(8-12-7-6-11(12)14)9-4-2-1-3-5-9/h1-5H,6-8H2. The molecule has 0 aliphatic carbocycles. The second-order valence-corrected chi connectivity index (χ2v) is 3.35. The molecular weight excluding hydrogens is 178 g/mol. The van der Waals surface area contributed by atoms with Crippen molar-refractivity contribution >= 4 is 11.7 Å². The zero-order valence-electron chi connectivity index (χ0n) is 7.77. The Morgan fingerprint density at radius 2 is 2.00 bits per heavy atom. The Kier molecular flexibility index (Phi) is 2.31. The van der Waals surface area contributed by atoms with Crippen molar-refractivity contribution in [2.45, 2.75) is 6.42 Å². The number of benzene rings is 1. The number of carbonyl (C=O) groups excluding carboxylic acids is 2. The third-order valence-corrected chi connectivity index (χ3v) is 2.38. The van der Waals surface area contributed by atoms with Gasteiger partial charge < -0.3 is 4.90 Å². The smallest absolute Gasteiger partial charge is 0.224 e. The Labute approximate surface area is 82.3 Å². The lowest BCUT2D eigenvalue weighted by Gasteiger charge is -2.29. The molecule has 3 heteroatoms. The summed E-state index contributed by atoms with van der Waals surface area (Å²) in [5.41, 5.74) is 0.673. The van der Waals surface area contributed by atoms with Crippen LogP contribution in [0, 0.1) is 0 Å². The molecule has 1 fully saturated rings. The number of β-lactam (4-membered cyclic amide) rings is 1. The van der Waals surface area contributed by atoms with E-state index in [2.05, 4.69) is 0 Å². The molecule has 1 aromatic carbocycles. The van der Waals surface area contributed by atoms with E-state index in [1.807, 2.05) is 18.2 Å². The first-order chi connectivity index (χ1) is 6.77.